The van der Waals surface area contributed by atoms with Crippen LogP contribution in [0.2, 0.25) is 0 Å². The summed E-state index contributed by atoms with van der Waals surface area (Å²) in [5.41, 5.74) is 1.91. The van der Waals surface area contributed by atoms with Crippen LogP contribution in [0.5, 0.6) is 5.75 Å². The normalized spacial score (nSPS) is 10.4. The highest BCUT2D eigenvalue weighted by molar-refractivity contribution is 7.98. The molecule has 0 saturated heterocycles. The summed E-state index contributed by atoms with van der Waals surface area (Å²) >= 11 is 1.55. The smallest absolute Gasteiger partial charge is 0.255 e. The third kappa shape index (κ3) is 4.64. The fraction of sp³-hybridized carbons (Fsp3) is 0.0952. The van der Waals surface area contributed by atoms with E-state index in [2.05, 4.69) is 5.32 Å². The maximum absolute atomic E-state index is 13.6. The molecular formula is C21H18FNO2S. The number of benzene rings is 3. The first-order valence-corrected chi connectivity index (χ1v) is 9.06. The van der Waals surface area contributed by atoms with Crippen LogP contribution in [-0.4, -0.2) is 13.0 Å². The van der Waals surface area contributed by atoms with Gasteiger partial charge in [-0.1, -0.05) is 24.3 Å². The second-order valence-corrected chi connectivity index (χ2v) is 6.64. The standard InChI is InChI=1S/C21H18FNO2S/c1-25-18-7-4-6-15(13-18)21(24)23-17-9-11-19(12-10-17)26-14-16-5-2-3-8-20(16)22/h2-13H,14H2,1H3,(H,23,24). The predicted molar refractivity (Wildman–Crippen MR) is 103 cm³/mol. The van der Waals surface area contributed by atoms with E-state index in [4.69, 9.17) is 4.74 Å². The number of anilines is 1. The van der Waals surface area contributed by atoms with E-state index < -0.39 is 0 Å². The van der Waals surface area contributed by atoms with E-state index in [-0.39, 0.29) is 11.7 Å². The molecule has 1 N–H and O–H groups in total. The van der Waals surface area contributed by atoms with Crippen molar-refractivity contribution < 1.29 is 13.9 Å². The Labute approximate surface area is 156 Å². The van der Waals surface area contributed by atoms with Crippen molar-refractivity contribution in [2.75, 3.05) is 12.4 Å². The largest absolute Gasteiger partial charge is 0.497 e. The lowest BCUT2D eigenvalue weighted by atomic mass is 10.2. The number of methoxy groups -OCH3 is 1. The van der Waals surface area contributed by atoms with E-state index in [0.717, 1.165) is 4.90 Å². The van der Waals surface area contributed by atoms with E-state index in [1.54, 1.807) is 55.3 Å². The molecular weight excluding hydrogens is 349 g/mol. The molecule has 0 heterocycles. The molecule has 0 atom stereocenters. The summed E-state index contributed by atoms with van der Waals surface area (Å²) in [5, 5.41) is 2.86. The van der Waals surface area contributed by atoms with Crippen LogP contribution in [0.3, 0.4) is 0 Å². The molecule has 1 amide bonds. The Morgan fingerprint density at radius 1 is 1.04 bits per heavy atom. The topological polar surface area (TPSA) is 38.3 Å². The van der Waals surface area contributed by atoms with Crippen LogP contribution in [0.1, 0.15) is 15.9 Å². The van der Waals surface area contributed by atoms with Crippen molar-refractivity contribution in [3.63, 3.8) is 0 Å². The molecule has 26 heavy (non-hydrogen) atoms. The number of amides is 1. The van der Waals surface area contributed by atoms with Crippen LogP contribution in [0.4, 0.5) is 10.1 Å². The molecule has 0 fully saturated rings. The van der Waals surface area contributed by atoms with Gasteiger partial charge in [-0.05, 0) is 54.1 Å². The van der Waals surface area contributed by atoms with E-state index in [0.29, 0.717) is 28.3 Å². The van der Waals surface area contributed by atoms with Crippen molar-refractivity contribution in [2.45, 2.75) is 10.6 Å². The molecule has 0 unspecified atom stereocenters. The van der Waals surface area contributed by atoms with Crippen molar-refractivity contribution in [1.82, 2.24) is 0 Å². The Kier molecular flexibility index (Phi) is 5.92. The highest BCUT2D eigenvalue weighted by atomic mass is 32.2. The molecule has 0 aliphatic rings. The molecule has 3 aromatic carbocycles. The summed E-state index contributed by atoms with van der Waals surface area (Å²) < 4.78 is 18.8. The zero-order valence-corrected chi connectivity index (χ0v) is 15.1. The van der Waals surface area contributed by atoms with Gasteiger partial charge in [0.2, 0.25) is 0 Å². The Bertz CT molecular complexity index is 897. The van der Waals surface area contributed by atoms with Crippen LogP contribution in [0.25, 0.3) is 0 Å². The molecule has 3 rings (SSSR count). The third-order valence-electron chi connectivity index (χ3n) is 3.80. The van der Waals surface area contributed by atoms with Gasteiger partial charge in [-0.15, -0.1) is 11.8 Å². The molecule has 0 aromatic heterocycles. The number of carbonyl (C=O) groups is 1. The molecule has 0 bridgehead atoms. The summed E-state index contributed by atoms with van der Waals surface area (Å²) in [4.78, 5) is 13.3. The summed E-state index contributed by atoms with van der Waals surface area (Å²) in [7, 11) is 1.56. The number of rotatable bonds is 6. The van der Waals surface area contributed by atoms with Gasteiger partial charge in [-0.25, -0.2) is 4.39 Å². The lowest BCUT2D eigenvalue weighted by Gasteiger charge is -2.08. The van der Waals surface area contributed by atoms with Gasteiger partial charge in [0, 0.05) is 21.9 Å². The molecule has 0 aliphatic carbocycles. The number of hydrogen-bond acceptors (Lipinski definition) is 3. The molecule has 5 heteroatoms. The van der Waals surface area contributed by atoms with Gasteiger partial charge in [-0.3, -0.25) is 4.79 Å². The van der Waals surface area contributed by atoms with Gasteiger partial charge < -0.3 is 10.1 Å². The molecule has 132 valence electrons. The Morgan fingerprint density at radius 2 is 1.81 bits per heavy atom. The minimum absolute atomic E-state index is 0.192. The Morgan fingerprint density at radius 3 is 2.54 bits per heavy atom. The molecule has 0 spiro atoms. The monoisotopic (exact) mass is 367 g/mol. The fourth-order valence-corrected chi connectivity index (χ4v) is 3.26. The summed E-state index contributed by atoms with van der Waals surface area (Å²) in [6, 6.07) is 21.2. The number of hydrogen-bond donors (Lipinski definition) is 1. The molecule has 0 aliphatic heterocycles. The van der Waals surface area contributed by atoms with Gasteiger partial charge in [0.25, 0.3) is 5.91 Å². The number of carbonyl (C=O) groups excluding carboxylic acids is 1. The maximum Gasteiger partial charge on any atom is 0.255 e. The average molecular weight is 367 g/mol. The van der Waals surface area contributed by atoms with Gasteiger partial charge in [-0.2, -0.15) is 0 Å². The lowest BCUT2D eigenvalue weighted by molar-refractivity contribution is 0.102. The Hall–Kier alpha value is -2.79. The first-order valence-electron chi connectivity index (χ1n) is 8.07. The third-order valence-corrected chi connectivity index (χ3v) is 4.86. The highest BCUT2D eigenvalue weighted by Crippen LogP contribution is 2.25. The van der Waals surface area contributed by atoms with Gasteiger partial charge in [0.05, 0.1) is 7.11 Å². The minimum atomic E-state index is -0.198. The number of thioether (sulfide) groups is 1. The van der Waals surface area contributed by atoms with E-state index in [9.17, 15) is 9.18 Å². The minimum Gasteiger partial charge on any atom is -0.497 e. The second-order valence-electron chi connectivity index (χ2n) is 5.59. The van der Waals surface area contributed by atoms with Crippen molar-refractivity contribution in [1.29, 1.82) is 0 Å². The first-order chi connectivity index (χ1) is 12.7. The van der Waals surface area contributed by atoms with Crippen LogP contribution >= 0.6 is 11.8 Å². The quantitative estimate of drug-likeness (QED) is 0.595. The van der Waals surface area contributed by atoms with Crippen LogP contribution in [0, 0.1) is 5.82 Å². The van der Waals surface area contributed by atoms with Crippen LogP contribution in [-0.2, 0) is 5.75 Å². The van der Waals surface area contributed by atoms with Gasteiger partial charge >= 0.3 is 0 Å². The summed E-state index contributed by atoms with van der Waals surface area (Å²) in [6.07, 6.45) is 0. The number of nitrogens with one attached hydrogen (secondary N) is 1. The van der Waals surface area contributed by atoms with Crippen molar-refractivity contribution in [3.05, 3.63) is 89.7 Å². The SMILES string of the molecule is COc1cccc(C(=O)Nc2ccc(SCc3ccccc3F)cc2)c1. The number of ether oxygens (including phenoxy) is 1. The van der Waals surface area contributed by atoms with E-state index in [1.165, 1.54) is 6.07 Å². The molecule has 3 aromatic rings. The molecule has 0 saturated carbocycles. The zero-order valence-electron chi connectivity index (χ0n) is 14.2. The summed E-state index contributed by atoms with van der Waals surface area (Å²) in [6.45, 7) is 0. The number of halogens is 1. The maximum atomic E-state index is 13.6. The fourth-order valence-electron chi connectivity index (χ4n) is 2.38. The highest BCUT2D eigenvalue weighted by Gasteiger charge is 2.07. The van der Waals surface area contributed by atoms with E-state index in [1.807, 2.05) is 30.3 Å². The van der Waals surface area contributed by atoms with Crippen LogP contribution < -0.4 is 10.1 Å². The Balaban J connectivity index is 1.60. The lowest BCUT2D eigenvalue weighted by Crippen LogP contribution is -2.11. The van der Waals surface area contributed by atoms with Crippen molar-refractivity contribution >= 4 is 23.4 Å². The van der Waals surface area contributed by atoms with Crippen molar-refractivity contribution in [3.8, 4) is 5.75 Å². The second kappa shape index (κ2) is 8.54. The van der Waals surface area contributed by atoms with Crippen LogP contribution in [0.15, 0.2) is 77.7 Å². The molecule has 3 nitrogen and oxygen atoms in total. The van der Waals surface area contributed by atoms with E-state index >= 15 is 0 Å². The van der Waals surface area contributed by atoms with Gasteiger partial charge in [0.15, 0.2) is 0 Å². The average Bonchev–Trinajstić information content (AvgIpc) is 2.68. The van der Waals surface area contributed by atoms with Crippen molar-refractivity contribution in [2.24, 2.45) is 0 Å². The first kappa shape index (κ1) is 18.0. The van der Waals surface area contributed by atoms with Gasteiger partial charge in [0.1, 0.15) is 11.6 Å². The zero-order chi connectivity index (χ0) is 18.4. The molecule has 0 radical (unpaired) electrons. The predicted octanol–water partition coefficient (Wildman–Crippen LogP) is 5.38. The summed E-state index contributed by atoms with van der Waals surface area (Å²) in [5.74, 6) is 0.803.